The fraction of sp³-hybridized carbons (Fsp3) is 1.00. The first-order valence-corrected chi connectivity index (χ1v) is 8.55. The van der Waals surface area contributed by atoms with E-state index >= 15 is 0 Å². The Kier molecular flexibility index (Phi) is 5.30. The maximum atomic E-state index is 3.89. The average Bonchev–Trinajstić information content (AvgIpc) is 2.37. The highest BCUT2D eigenvalue weighted by molar-refractivity contribution is 4.99. The summed E-state index contributed by atoms with van der Waals surface area (Å²) >= 11 is 0. The number of likely N-dealkylation sites (tertiary alicyclic amines) is 1. The lowest BCUT2D eigenvalue weighted by Crippen LogP contribution is -2.61. The molecule has 0 aromatic carbocycles. The smallest absolute Gasteiger partial charge is 0.0274 e. The van der Waals surface area contributed by atoms with Gasteiger partial charge in [-0.1, -0.05) is 33.6 Å². The lowest BCUT2D eigenvalue weighted by atomic mass is 9.69. The van der Waals surface area contributed by atoms with Gasteiger partial charge in [0.2, 0.25) is 0 Å². The minimum absolute atomic E-state index is 0.454. The van der Waals surface area contributed by atoms with Gasteiger partial charge in [-0.2, -0.15) is 0 Å². The van der Waals surface area contributed by atoms with Gasteiger partial charge in [0.1, 0.15) is 0 Å². The monoisotopic (exact) mass is 266 g/mol. The van der Waals surface area contributed by atoms with Crippen molar-refractivity contribution >= 4 is 0 Å². The molecule has 0 bridgehead atoms. The minimum atomic E-state index is 0.454. The van der Waals surface area contributed by atoms with Crippen LogP contribution in [0.25, 0.3) is 0 Å². The van der Waals surface area contributed by atoms with E-state index in [1.165, 1.54) is 58.0 Å². The molecule has 2 fully saturated rings. The van der Waals surface area contributed by atoms with Crippen LogP contribution >= 0.6 is 0 Å². The number of nitrogens with one attached hydrogen (secondary N) is 1. The number of hydrogen-bond donors (Lipinski definition) is 1. The molecule has 2 heteroatoms. The summed E-state index contributed by atoms with van der Waals surface area (Å²) < 4.78 is 0. The standard InChI is InChI=1S/C17H34N2/c1-5-12-18-16-15(10-8-11-17(16,3)4)19-13-7-6-9-14(19)2/h14-16,18H,5-13H2,1-4H3. The van der Waals surface area contributed by atoms with E-state index in [2.05, 4.69) is 37.9 Å². The molecule has 0 aromatic rings. The largest absolute Gasteiger partial charge is 0.312 e. The van der Waals surface area contributed by atoms with Gasteiger partial charge in [-0.25, -0.2) is 0 Å². The Bertz CT molecular complexity index is 274. The van der Waals surface area contributed by atoms with Crippen molar-refractivity contribution in [2.24, 2.45) is 5.41 Å². The second-order valence-electron chi connectivity index (χ2n) is 7.46. The quantitative estimate of drug-likeness (QED) is 0.832. The summed E-state index contributed by atoms with van der Waals surface area (Å²) in [6, 6.07) is 2.24. The van der Waals surface area contributed by atoms with Crippen LogP contribution < -0.4 is 5.32 Å². The Morgan fingerprint density at radius 1 is 1.16 bits per heavy atom. The highest BCUT2D eigenvalue weighted by atomic mass is 15.2. The van der Waals surface area contributed by atoms with Crippen molar-refractivity contribution in [1.82, 2.24) is 10.2 Å². The highest BCUT2D eigenvalue weighted by Gasteiger charge is 2.42. The minimum Gasteiger partial charge on any atom is -0.312 e. The summed E-state index contributed by atoms with van der Waals surface area (Å²) in [4.78, 5) is 2.83. The van der Waals surface area contributed by atoms with Crippen LogP contribution in [0.4, 0.5) is 0 Å². The maximum Gasteiger partial charge on any atom is 0.0274 e. The van der Waals surface area contributed by atoms with Crippen LogP contribution in [0, 0.1) is 5.41 Å². The molecule has 0 radical (unpaired) electrons. The van der Waals surface area contributed by atoms with Gasteiger partial charge >= 0.3 is 0 Å². The number of hydrogen-bond acceptors (Lipinski definition) is 2. The fourth-order valence-electron chi connectivity index (χ4n) is 4.29. The van der Waals surface area contributed by atoms with Crippen molar-refractivity contribution in [1.29, 1.82) is 0 Å². The molecular formula is C17H34N2. The van der Waals surface area contributed by atoms with Crippen molar-refractivity contribution in [2.45, 2.75) is 90.8 Å². The molecular weight excluding hydrogens is 232 g/mol. The summed E-state index contributed by atoms with van der Waals surface area (Å²) in [6.07, 6.45) is 9.67. The molecule has 3 unspecified atom stereocenters. The van der Waals surface area contributed by atoms with Crippen molar-refractivity contribution in [2.75, 3.05) is 13.1 Å². The van der Waals surface area contributed by atoms with Crippen LogP contribution in [0.15, 0.2) is 0 Å². The van der Waals surface area contributed by atoms with E-state index in [-0.39, 0.29) is 0 Å². The third kappa shape index (κ3) is 3.52. The van der Waals surface area contributed by atoms with Gasteiger partial charge < -0.3 is 5.32 Å². The zero-order valence-corrected chi connectivity index (χ0v) is 13.5. The molecule has 2 rings (SSSR count). The fourth-order valence-corrected chi connectivity index (χ4v) is 4.29. The maximum absolute atomic E-state index is 3.89. The molecule has 1 N–H and O–H groups in total. The third-order valence-electron chi connectivity index (χ3n) is 5.44. The number of nitrogens with zero attached hydrogens (tertiary/aromatic N) is 1. The molecule has 1 aliphatic heterocycles. The molecule has 0 spiro atoms. The lowest BCUT2D eigenvalue weighted by Gasteiger charge is -2.51. The average molecular weight is 266 g/mol. The second kappa shape index (κ2) is 6.58. The van der Waals surface area contributed by atoms with Gasteiger partial charge in [-0.05, 0) is 57.5 Å². The normalized spacial score (nSPS) is 36.3. The zero-order valence-electron chi connectivity index (χ0n) is 13.5. The molecule has 19 heavy (non-hydrogen) atoms. The van der Waals surface area contributed by atoms with E-state index in [0.717, 1.165) is 12.1 Å². The first-order valence-electron chi connectivity index (χ1n) is 8.55. The van der Waals surface area contributed by atoms with Crippen LogP contribution in [-0.4, -0.2) is 36.1 Å². The molecule has 3 atom stereocenters. The van der Waals surface area contributed by atoms with E-state index in [1.54, 1.807) is 0 Å². The molecule has 1 saturated heterocycles. The van der Waals surface area contributed by atoms with Gasteiger partial charge in [0, 0.05) is 18.1 Å². The van der Waals surface area contributed by atoms with Gasteiger partial charge in [-0.3, -0.25) is 4.90 Å². The Labute approximate surface area is 120 Å². The van der Waals surface area contributed by atoms with Crippen LogP contribution in [0.5, 0.6) is 0 Å². The topological polar surface area (TPSA) is 15.3 Å². The van der Waals surface area contributed by atoms with Crippen LogP contribution in [0.3, 0.4) is 0 Å². The predicted octanol–water partition coefficient (Wildman–Crippen LogP) is 3.81. The van der Waals surface area contributed by atoms with Gasteiger partial charge in [0.05, 0.1) is 0 Å². The molecule has 0 amide bonds. The first-order chi connectivity index (χ1) is 9.06. The molecule has 2 aliphatic rings. The molecule has 2 nitrogen and oxygen atoms in total. The van der Waals surface area contributed by atoms with E-state index in [9.17, 15) is 0 Å². The molecule has 1 heterocycles. The molecule has 112 valence electrons. The summed E-state index contributed by atoms with van der Waals surface area (Å²) in [6.45, 7) is 12.2. The van der Waals surface area contributed by atoms with Gasteiger partial charge in [0.25, 0.3) is 0 Å². The Balaban J connectivity index is 2.10. The third-order valence-corrected chi connectivity index (χ3v) is 5.44. The van der Waals surface area contributed by atoms with Crippen molar-refractivity contribution in [3.63, 3.8) is 0 Å². The SMILES string of the molecule is CCCNC1C(N2CCCCC2C)CCCC1(C)C. The van der Waals surface area contributed by atoms with Crippen LogP contribution in [0.1, 0.15) is 72.6 Å². The predicted molar refractivity (Wildman–Crippen MR) is 83.5 cm³/mol. The van der Waals surface area contributed by atoms with E-state index in [1.807, 2.05) is 0 Å². The Morgan fingerprint density at radius 2 is 1.95 bits per heavy atom. The molecule has 1 aliphatic carbocycles. The van der Waals surface area contributed by atoms with E-state index in [0.29, 0.717) is 11.5 Å². The van der Waals surface area contributed by atoms with Gasteiger partial charge in [0.15, 0.2) is 0 Å². The van der Waals surface area contributed by atoms with Crippen molar-refractivity contribution in [3.8, 4) is 0 Å². The summed E-state index contributed by atoms with van der Waals surface area (Å²) in [7, 11) is 0. The van der Waals surface area contributed by atoms with E-state index < -0.39 is 0 Å². The van der Waals surface area contributed by atoms with Gasteiger partial charge in [-0.15, -0.1) is 0 Å². The Morgan fingerprint density at radius 3 is 2.63 bits per heavy atom. The van der Waals surface area contributed by atoms with Crippen molar-refractivity contribution < 1.29 is 0 Å². The highest BCUT2D eigenvalue weighted by Crippen LogP contribution is 2.39. The molecule has 0 aromatic heterocycles. The summed E-state index contributed by atoms with van der Waals surface area (Å²) in [5.74, 6) is 0. The van der Waals surface area contributed by atoms with Crippen LogP contribution in [0.2, 0.25) is 0 Å². The summed E-state index contributed by atoms with van der Waals surface area (Å²) in [5, 5.41) is 3.89. The van der Waals surface area contributed by atoms with Crippen LogP contribution in [-0.2, 0) is 0 Å². The van der Waals surface area contributed by atoms with E-state index in [4.69, 9.17) is 0 Å². The number of piperidine rings is 1. The summed E-state index contributed by atoms with van der Waals surface area (Å²) in [5.41, 5.74) is 0.454. The molecule has 1 saturated carbocycles. The zero-order chi connectivity index (χ0) is 13.9. The Hall–Kier alpha value is -0.0800. The lowest BCUT2D eigenvalue weighted by molar-refractivity contribution is 0.0122. The first kappa shape index (κ1) is 15.3. The van der Waals surface area contributed by atoms with Crippen molar-refractivity contribution in [3.05, 3.63) is 0 Å². The second-order valence-corrected chi connectivity index (χ2v) is 7.46. The number of rotatable bonds is 4.